The van der Waals surface area contributed by atoms with Crippen molar-refractivity contribution in [3.8, 4) is 33.4 Å². The second kappa shape index (κ2) is 12.0. The molecule has 0 saturated heterocycles. The maximum absolute atomic E-state index is 10.1. The van der Waals surface area contributed by atoms with Crippen LogP contribution in [0.2, 0.25) is 0 Å². The number of benzene rings is 8. The highest BCUT2D eigenvalue weighted by Gasteiger charge is 2.40. The SMILES string of the molecule is [2H]c1c([2H])c([2H])c(-c2c([2H])c([2H])c(N(c3c([2H])c([2H])c(-c4c([2H])c([2H])c([2H])c([2H])c4[2H])c([2H])c3[2H])c3c([2H])c([2H])c4oc5c([2H])c([2H])c(C6(C([2H])([2H])[2H])c7c([2H])c([2H])c([2H])c([2H])c7-c7c([2H])c([2H])c([2H])c([2H])c76)c([2H])c5c4c3[2H])c([2H])c2[2H])c([2H])c1[2H]. The molecular formula is C50H35NO. The van der Waals surface area contributed by atoms with Gasteiger partial charge >= 0.3 is 0 Å². The molecule has 0 amide bonds. The molecule has 52 heavy (non-hydrogen) atoms. The van der Waals surface area contributed by atoms with E-state index in [1.807, 2.05) is 0 Å². The van der Waals surface area contributed by atoms with E-state index in [9.17, 15) is 26.0 Å². The van der Waals surface area contributed by atoms with Crippen molar-refractivity contribution in [3.05, 3.63) is 210 Å². The van der Waals surface area contributed by atoms with Gasteiger partial charge < -0.3 is 9.32 Å². The third-order valence-electron chi connectivity index (χ3n) is 8.14. The maximum Gasteiger partial charge on any atom is 0.135 e. The molecule has 2 heteroatoms. The zero-order valence-electron chi connectivity index (χ0n) is 60.9. The maximum atomic E-state index is 10.1. The summed E-state index contributed by atoms with van der Waals surface area (Å²) >= 11 is 0. The quantitative estimate of drug-likeness (QED) is 0.172. The van der Waals surface area contributed by atoms with E-state index in [1.54, 1.807) is 0 Å². The topological polar surface area (TPSA) is 16.4 Å². The van der Waals surface area contributed by atoms with E-state index in [0.717, 1.165) is 0 Å². The smallest absolute Gasteiger partial charge is 0.135 e. The standard InChI is InChI=1S/C50H35NO/c1-50(46-18-10-8-16-42(46)43-17-9-11-19-47(43)50)38-24-30-48-44(32-38)45-33-41(29-31-49(45)52-48)51(39-25-20-36(21-26-39)34-12-4-2-5-13-34)40-27-22-37(23-28-40)35-14-6-3-7-15-35/h2-33H,1H3/i1D3,2D,3D,4D,5D,6D,7D,8D,9D,10D,11D,12D,13D,14D,15D,16D,17D,18D,19D,20D,21D,22D,23D,24D,25D,26D,27D,28D,29D,30D,31D,32D,33D. The van der Waals surface area contributed by atoms with Crippen LogP contribution in [0.4, 0.5) is 17.1 Å². The summed E-state index contributed by atoms with van der Waals surface area (Å²) in [6.45, 7) is -3.90. The molecule has 0 N–H and O–H groups in total. The van der Waals surface area contributed by atoms with Crippen molar-refractivity contribution in [2.45, 2.75) is 12.3 Å². The Kier molecular flexibility index (Phi) is 2.58. The molecule has 0 unspecified atom stereocenters. The van der Waals surface area contributed by atoms with Gasteiger partial charge in [0, 0.05) is 37.4 Å². The second-order valence-electron chi connectivity index (χ2n) is 11.0. The highest BCUT2D eigenvalue weighted by atomic mass is 16.3. The molecule has 1 aliphatic rings. The van der Waals surface area contributed by atoms with Crippen LogP contribution < -0.4 is 4.90 Å². The van der Waals surface area contributed by atoms with Crippen LogP contribution in [0.5, 0.6) is 0 Å². The first kappa shape index (κ1) is 11.2. The Balaban J connectivity index is 1.43. The summed E-state index contributed by atoms with van der Waals surface area (Å²) in [5.74, 6) is 0. The predicted octanol–water partition coefficient (Wildman–Crippen LogP) is 13.7. The Morgan fingerprint density at radius 1 is 0.442 bits per heavy atom. The van der Waals surface area contributed by atoms with Gasteiger partial charge in [-0.05, 0) is 111 Å². The zero-order valence-corrected chi connectivity index (χ0v) is 25.9. The minimum atomic E-state index is -3.90. The highest BCUT2D eigenvalue weighted by Crippen LogP contribution is 2.53. The molecule has 0 spiro atoms. The van der Waals surface area contributed by atoms with Crippen molar-refractivity contribution >= 4 is 39.0 Å². The summed E-state index contributed by atoms with van der Waals surface area (Å²) in [5.41, 5.74) is -17.5. The molecule has 1 aliphatic carbocycles. The van der Waals surface area contributed by atoms with Crippen LogP contribution in [-0.4, -0.2) is 0 Å². The molecule has 246 valence electrons. The molecule has 0 atom stereocenters. The van der Waals surface area contributed by atoms with Gasteiger partial charge in [-0.15, -0.1) is 0 Å². The van der Waals surface area contributed by atoms with Crippen LogP contribution in [0, 0.1) is 0 Å². The summed E-state index contributed by atoms with van der Waals surface area (Å²) in [6, 6.07) is -36.4. The van der Waals surface area contributed by atoms with Gasteiger partial charge in [0.15, 0.2) is 0 Å². The molecule has 0 saturated carbocycles. The van der Waals surface area contributed by atoms with Crippen molar-refractivity contribution < 1.29 is 52.4 Å². The van der Waals surface area contributed by atoms with Gasteiger partial charge in [0.1, 0.15) is 11.2 Å². The van der Waals surface area contributed by atoms with E-state index in [-0.39, 0.29) is 4.90 Å². The molecule has 2 nitrogen and oxygen atoms in total. The molecule has 1 aromatic heterocycles. The fraction of sp³-hybridized carbons (Fsp3) is 0.0400. The van der Waals surface area contributed by atoms with E-state index in [2.05, 4.69) is 0 Å². The fourth-order valence-electron chi connectivity index (χ4n) is 5.79. The van der Waals surface area contributed by atoms with E-state index in [0.29, 0.717) is 0 Å². The van der Waals surface area contributed by atoms with Gasteiger partial charge in [0.2, 0.25) is 0 Å². The second-order valence-corrected chi connectivity index (χ2v) is 11.0. The van der Waals surface area contributed by atoms with E-state index < -0.39 is 295 Å². The number of hydrogen-bond acceptors (Lipinski definition) is 2. The van der Waals surface area contributed by atoms with E-state index in [1.165, 1.54) is 0 Å². The van der Waals surface area contributed by atoms with Crippen LogP contribution in [0.3, 0.4) is 0 Å². The van der Waals surface area contributed by atoms with Crippen LogP contribution in [0.25, 0.3) is 55.3 Å². The van der Waals surface area contributed by atoms with E-state index >= 15 is 0 Å². The van der Waals surface area contributed by atoms with Gasteiger partial charge in [0.05, 0.1) is 43.9 Å². The Morgan fingerprint density at radius 2 is 0.885 bits per heavy atom. The summed E-state index contributed by atoms with van der Waals surface area (Å²) in [6.07, 6.45) is 0. The third kappa shape index (κ3) is 4.80. The zero-order chi connectivity index (χ0) is 65.0. The van der Waals surface area contributed by atoms with Crippen molar-refractivity contribution in [2.75, 3.05) is 4.90 Å². The van der Waals surface area contributed by atoms with Crippen molar-refractivity contribution in [3.63, 3.8) is 0 Å². The molecule has 0 radical (unpaired) electrons. The summed E-state index contributed by atoms with van der Waals surface area (Å²) in [7, 11) is 0. The van der Waals surface area contributed by atoms with Crippen molar-refractivity contribution in [1.29, 1.82) is 0 Å². The molecule has 10 rings (SSSR count). The lowest BCUT2D eigenvalue weighted by molar-refractivity contribution is 0.667. The first-order chi connectivity index (χ1) is 40.2. The van der Waals surface area contributed by atoms with Crippen LogP contribution in [-0.2, 0) is 5.41 Å². The Bertz CT molecular complexity index is 4390. The average molecular weight is 701 g/mol. The summed E-state index contributed by atoms with van der Waals surface area (Å²) < 4.78 is 322. The third-order valence-corrected chi connectivity index (χ3v) is 8.14. The molecule has 0 bridgehead atoms. The number of furan rings is 1. The number of anilines is 3. The van der Waals surface area contributed by atoms with Crippen molar-refractivity contribution in [1.82, 2.24) is 0 Å². The lowest BCUT2D eigenvalue weighted by Crippen LogP contribution is -2.22. The number of rotatable bonds is 6. The fourth-order valence-corrected chi connectivity index (χ4v) is 5.79. The highest BCUT2D eigenvalue weighted by molar-refractivity contribution is 6.07. The monoisotopic (exact) mass is 700 g/mol. The largest absolute Gasteiger partial charge is 0.456 e. The predicted molar refractivity (Wildman–Crippen MR) is 217 cm³/mol. The summed E-state index contributed by atoms with van der Waals surface area (Å²) in [5, 5.41) is -1.87. The first-order valence-corrected chi connectivity index (χ1v) is 15.1. The molecule has 8 aromatic carbocycles. The van der Waals surface area contributed by atoms with Gasteiger partial charge in [-0.3, -0.25) is 0 Å². The molecule has 9 aromatic rings. The van der Waals surface area contributed by atoms with Gasteiger partial charge in [-0.1, -0.05) is 139 Å². The number of fused-ring (bicyclic) bond motifs is 6. The first-order valence-electron chi connectivity index (χ1n) is 32.6. The number of nitrogens with zero attached hydrogens (tertiary/aromatic N) is 1. The van der Waals surface area contributed by atoms with Crippen molar-refractivity contribution in [2.24, 2.45) is 0 Å². The summed E-state index contributed by atoms with van der Waals surface area (Å²) in [4.78, 5) is 0.255. The Morgan fingerprint density at radius 3 is 1.42 bits per heavy atom. The molecule has 0 fully saturated rings. The molecule has 1 heterocycles. The van der Waals surface area contributed by atoms with Crippen LogP contribution in [0.1, 0.15) is 71.5 Å². The lowest BCUT2D eigenvalue weighted by Gasteiger charge is -2.28. The number of hydrogen-bond donors (Lipinski definition) is 0. The van der Waals surface area contributed by atoms with Gasteiger partial charge in [-0.25, -0.2) is 0 Å². The average Bonchev–Trinajstić information content (AvgIpc) is 1.53. The van der Waals surface area contributed by atoms with Gasteiger partial charge in [-0.2, -0.15) is 0 Å². The van der Waals surface area contributed by atoms with Gasteiger partial charge in [0.25, 0.3) is 0 Å². The van der Waals surface area contributed by atoms with Crippen LogP contribution in [0.15, 0.2) is 198 Å². The normalized spacial score (nSPS) is 22.6. The van der Waals surface area contributed by atoms with E-state index in [4.69, 9.17) is 26.3 Å². The molecule has 0 aliphatic heterocycles. The van der Waals surface area contributed by atoms with Crippen LogP contribution >= 0.6 is 0 Å². The minimum absolute atomic E-state index is 0.255. The minimum Gasteiger partial charge on any atom is -0.456 e. The Hall–Kier alpha value is -6.64. The lowest BCUT2D eigenvalue weighted by atomic mass is 9.74. The molecular weight excluding hydrogens is 631 g/mol. The Labute approximate surface area is 353 Å².